The molecule has 0 saturated carbocycles. The molecule has 6 heteroatoms. The van der Waals surface area contributed by atoms with E-state index in [2.05, 4.69) is 84.3 Å². The third-order valence-corrected chi connectivity index (χ3v) is 7.53. The Bertz CT molecular complexity index is 902. The number of carbonyl (C=O) groups is 2. The maximum absolute atomic E-state index is 13.4. The van der Waals surface area contributed by atoms with Crippen LogP contribution in [0.5, 0.6) is 0 Å². The number of benzene rings is 2. The molecule has 0 aliphatic carbocycles. The van der Waals surface area contributed by atoms with E-state index in [1.165, 1.54) is 11.1 Å². The highest BCUT2D eigenvalue weighted by atomic mass is 16.2. The van der Waals surface area contributed by atoms with Crippen LogP contribution >= 0.6 is 0 Å². The molecular weight excluding hydrogens is 424 g/mol. The van der Waals surface area contributed by atoms with E-state index in [0.29, 0.717) is 31.3 Å². The molecule has 3 amide bonds. The van der Waals surface area contributed by atoms with Gasteiger partial charge in [-0.15, -0.1) is 0 Å². The Kier molecular flexibility index (Phi) is 7.88. The molecule has 0 aromatic heterocycles. The summed E-state index contributed by atoms with van der Waals surface area (Å²) in [4.78, 5) is 31.2. The summed E-state index contributed by atoms with van der Waals surface area (Å²) < 4.78 is 0. The molecule has 0 bridgehead atoms. The van der Waals surface area contributed by atoms with E-state index in [-0.39, 0.29) is 24.0 Å². The predicted molar refractivity (Wildman–Crippen MR) is 135 cm³/mol. The van der Waals surface area contributed by atoms with Gasteiger partial charge in [-0.25, -0.2) is 4.79 Å². The molecule has 2 fully saturated rings. The van der Waals surface area contributed by atoms with Crippen LogP contribution in [-0.4, -0.2) is 65.4 Å². The van der Waals surface area contributed by atoms with Crippen molar-refractivity contribution in [3.63, 3.8) is 0 Å². The third-order valence-electron chi connectivity index (χ3n) is 7.53. The Balaban J connectivity index is 1.47. The molecule has 0 radical (unpaired) electrons. The number of primary amides is 1. The van der Waals surface area contributed by atoms with Crippen molar-refractivity contribution in [2.45, 2.75) is 45.2 Å². The minimum Gasteiger partial charge on any atom is -0.351 e. The Morgan fingerprint density at radius 2 is 1.44 bits per heavy atom. The summed E-state index contributed by atoms with van der Waals surface area (Å²) in [6, 6.07) is 21.4. The molecule has 182 valence electrons. The Labute approximate surface area is 203 Å². The molecule has 2 N–H and O–H groups in total. The molecule has 0 unspecified atom stereocenters. The van der Waals surface area contributed by atoms with E-state index in [1.54, 1.807) is 4.90 Å². The number of carbonyl (C=O) groups excluding carboxylic acids is 2. The summed E-state index contributed by atoms with van der Waals surface area (Å²) >= 11 is 0. The highest BCUT2D eigenvalue weighted by Gasteiger charge is 2.36. The van der Waals surface area contributed by atoms with Gasteiger partial charge < -0.3 is 15.5 Å². The van der Waals surface area contributed by atoms with Crippen LogP contribution in [-0.2, 0) is 4.79 Å². The van der Waals surface area contributed by atoms with E-state index in [1.807, 2.05) is 0 Å². The van der Waals surface area contributed by atoms with Crippen molar-refractivity contribution in [3.05, 3.63) is 71.8 Å². The first-order valence-corrected chi connectivity index (χ1v) is 12.6. The number of amides is 3. The van der Waals surface area contributed by atoms with Crippen molar-refractivity contribution in [3.8, 4) is 0 Å². The van der Waals surface area contributed by atoms with E-state index in [0.717, 1.165) is 32.5 Å². The molecule has 2 saturated heterocycles. The van der Waals surface area contributed by atoms with Gasteiger partial charge in [-0.3, -0.25) is 9.69 Å². The zero-order valence-corrected chi connectivity index (χ0v) is 20.5. The van der Waals surface area contributed by atoms with Gasteiger partial charge in [0.05, 0.1) is 6.04 Å². The quantitative estimate of drug-likeness (QED) is 0.702. The standard InChI is InChI=1S/C28H38N4O2/c1-21(2)25-20-31(27(23-9-5-3-6-10-23)24-11-7-4-8-12-24)17-18-32(25)26(33)19-22-13-15-30(16-14-22)28(29)34/h3-12,21-22,25,27H,13-20H2,1-2H3,(H2,29,34)/t25-/m1/s1. The maximum Gasteiger partial charge on any atom is 0.314 e. The van der Waals surface area contributed by atoms with Gasteiger partial charge >= 0.3 is 6.03 Å². The largest absolute Gasteiger partial charge is 0.351 e. The van der Waals surface area contributed by atoms with Crippen molar-refractivity contribution in [2.75, 3.05) is 32.7 Å². The second kappa shape index (κ2) is 11.0. The van der Waals surface area contributed by atoms with E-state index in [4.69, 9.17) is 5.73 Å². The molecule has 1 atom stereocenters. The average molecular weight is 463 g/mol. The average Bonchev–Trinajstić information content (AvgIpc) is 2.86. The predicted octanol–water partition coefficient (Wildman–Crippen LogP) is 4.13. The van der Waals surface area contributed by atoms with Gasteiger partial charge in [-0.1, -0.05) is 74.5 Å². The van der Waals surface area contributed by atoms with Crippen LogP contribution in [0.4, 0.5) is 4.79 Å². The number of likely N-dealkylation sites (tertiary alicyclic amines) is 1. The summed E-state index contributed by atoms with van der Waals surface area (Å²) in [5.41, 5.74) is 7.99. The van der Waals surface area contributed by atoms with Crippen LogP contribution in [0.2, 0.25) is 0 Å². The molecule has 6 nitrogen and oxygen atoms in total. The SMILES string of the molecule is CC(C)[C@H]1CN(C(c2ccccc2)c2ccccc2)CCN1C(=O)CC1CCN(C(N)=O)CC1. The van der Waals surface area contributed by atoms with Gasteiger partial charge in [-0.2, -0.15) is 0 Å². The molecular formula is C28H38N4O2. The zero-order chi connectivity index (χ0) is 24.1. The second-order valence-corrected chi connectivity index (χ2v) is 10.1. The first-order chi connectivity index (χ1) is 16.4. The number of urea groups is 1. The fourth-order valence-corrected chi connectivity index (χ4v) is 5.55. The smallest absolute Gasteiger partial charge is 0.314 e. The zero-order valence-electron chi connectivity index (χ0n) is 20.5. The number of rotatable bonds is 6. The lowest BCUT2D eigenvalue weighted by Gasteiger charge is -2.47. The fourth-order valence-electron chi connectivity index (χ4n) is 5.55. The van der Waals surface area contributed by atoms with Gasteiger partial charge in [0.15, 0.2) is 0 Å². The first-order valence-electron chi connectivity index (χ1n) is 12.6. The monoisotopic (exact) mass is 462 g/mol. The third kappa shape index (κ3) is 5.61. The van der Waals surface area contributed by atoms with E-state index < -0.39 is 0 Å². The van der Waals surface area contributed by atoms with Crippen molar-refractivity contribution in [1.82, 2.24) is 14.7 Å². The number of piperidine rings is 1. The summed E-state index contributed by atoms with van der Waals surface area (Å²) in [5.74, 6) is 0.956. The topological polar surface area (TPSA) is 69.9 Å². The number of hydrogen-bond acceptors (Lipinski definition) is 3. The van der Waals surface area contributed by atoms with E-state index >= 15 is 0 Å². The summed E-state index contributed by atoms with van der Waals surface area (Å²) in [6.07, 6.45) is 2.27. The van der Waals surface area contributed by atoms with Crippen LogP contribution in [0.15, 0.2) is 60.7 Å². The second-order valence-electron chi connectivity index (χ2n) is 10.1. The van der Waals surface area contributed by atoms with E-state index in [9.17, 15) is 9.59 Å². The lowest BCUT2D eigenvalue weighted by molar-refractivity contribution is -0.139. The van der Waals surface area contributed by atoms with Crippen LogP contribution in [0.1, 0.15) is 50.3 Å². The first kappa shape index (κ1) is 24.3. The van der Waals surface area contributed by atoms with Crippen molar-refractivity contribution >= 4 is 11.9 Å². The lowest BCUT2D eigenvalue weighted by Crippen LogP contribution is -2.58. The Morgan fingerprint density at radius 3 is 1.94 bits per heavy atom. The van der Waals surface area contributed by atoms with Crippen LogP contribution < -0.4 is 5.73 Å². The summed E-state index contributed by atoms with van der Waals surface area (Å²) in [5, 5.41) is 0. The summed E-state index contributed by atoms with van der Waals surface area (Å²) in [6.45, 7) is 8.22. The normalized spacial score (nSPS) is 20.2. The van der Waals surface area contributed by atoms with Crippen LogP contribution in [0.3, 0.4) is 0 Å². The number of nitrogens with zero attached hydrogens (tertiary/aromatic N) is 3. The summed E-state index contributed by atoms with van der Waals surface area (Å²) in [7, 11) is 0. The highest BCUT2D eigenvalue weighted by Crippen LogP contribution is 2.32. The van der Waals surface area contributed by atoms with Crippen LogP contribution in [0.25, 0.3) is 0 Å². The molecule has 4 rings (SSSR count). The minimum atomic E-state index is -0.354. The van der Waals surface area contributed by atoms with Crippen molar-refractivity contribution < 1.29 is 9.59 Å². The van der Waals surface area contributed by atoms with Gasteiger partial charge in [-0.05, 0) is 35.8 Å². The number of piperazine rings is 1. The van der Waals surface area contributed by atoms with Crippen LogP contribution in [0, 0.1) is 11.8 Å². The van der Waals surface area contributed by atoms with Gasteiger partial charge in [0.2, 0.25) is 5.91 Å². The molecule has 2 aromatic rings. The van der Waals surface area contributed by atoms with Gasteiger partial charge in [0.25, 0.3) is 0 Å². The molecule has 2 aromatic carbocycles. The number of hydrogen-bond donors (Lipinski definition) is 1. The number of nitrogens with two attached hydrogens (primary N) is 1. The van der Waals surface area contributed by atoms with Gasteiger partial charge in [0, 0.05) is 45.2 Å². The highest BCUT2D eigenvalue weighted by molar-refractivity contribution is 5.77. The molecule has 34 heavy (non-hydrogen) atoms. The minimum absolute atomic E-state index is 0.180. The molecule has 2 aliphatic heterocycles. The Morgan fingerprint density at radius 1 is 0.882 bits per heavy atom. The molecule has 2 heterocycles. The van der Waals surface area contributed by atoms with Gasteiger partial charge in [0.1, 0.15) is 0 Å². The lowest BCUT2D eigenvalue weighted by atomic mass is 9.90. The van der Waals surface area contributed by atoms with Crippen molar-refractivity contribution in [2.24, 2.45) is 17.6 Å². The molecule has 0 spiro atoms. The fraction of sp³-hybridized carbons (Fsp3) is 0.500. The van der Waals surface area contributed by atoms with Crippen molar-refractivity contribution in [1.29, 1.82) is 0 Å². The molecule has 2 aliphatic rings. The maximum atomic E-state index is 13.4. The Hall–Kier alpha value is -2.86.